The zero-order chi connectivity index (χ0) is 13.8. The molecule has 0 aromatic heterocycles. The van der Waals surface area contributed by atoms with Gasteiger partial charge in [-0.15, -0.1) is 0 Å². The van der Waals surface area contributed by atoms with Crippen LogP contribution in [0, 0.1) is 5.41 Å². The smallest absolute Gasteiger partial charge is 0.246 e. The molecule has 8 nitrogen and oxygen atoms in total. The molecule has 2 rings (SSSR count). The zero-order valence-corrected chi connectivity index (χ0v) is 10.6. The van der Waals surface area contributed by atoms with Gasteiger partial charge in [-0.1, -0.05) is 13.3 Å². The molecular formula is C11H16N6O2. The minimum absolute atomic E-state index is 0.0632. The molecule has 0 bridgehead atoms. The van der Waals surface area contributed by atoms with Crippen molar-refractivity contribution in [3.63, 3.8) is 0 Å². The molecule has 0 aromatic rings. The highest BCUT2D eigenvalue weighted by Crippen LogP contribution is 2.19. The third-order valence-corrected chi connectivity index (χ3v) is 2.53. The summed E-state index contributed by atoms with van der Waals surface area (Å²) in [5, 5.41) is 17.1. The first-order valence-electron chi connectivity index (χ1n) is 5.99. The van der Waals surface area contributed by atoms with E-state index in [0.717, 1.165) is 17.6 Å². The van der Waals surface area contributed by atoms with E-state index < -0.39 is 0 Å². The average molecular weight is 264 g/mol. The highest BCUT2D eigenvalue weighted by Gasteiger charge is 2.16. The van der Waals surface area contributed by atoms with Crippen molar-refractivity contribution in [1.82, 2.24) is 19.7 Å². The van der Waals surface area contributed by atoms with Crippen molar-refractivity contribution in [3.05, 3.63) is 17.5 Å². The van der Waals surface area contributed by atoms with E-state index in [1.165, 1.54) is 6.20 Å². The van der Waals surface area contributed by atoms with E-state index in [-0.39, 0.29) is 29.6 Å². The maximum Gasteiger partial charge on any atom is 0.246 e. The lowest BCUT2D eigenvalue weighted by atomic mass is 10.3. The molecule has 102 valence electrons. The van der Waals surface area contributed by atoms with E-state index in [0.29, 0.717) is 12.3 Å². The number of nitrogens with one attached hydrogen (secondary N) is 1. The number of nitrogen functional groups attached to an aromatic ring is 1. The SMILES string of the molecule is CCCCOCc1cn(O)c2nc(=N)nc(N)c-2n1. The maximum atomic E-state index is 9.80. The van der Waals surface area contributed by atoms with Crippen molar-refractivity contribution < 1.29 is 9.94 Å². The van der Waals surface area contributed by atoms with Crippen molar-refractivity contribution in [1.29, 1.82) is 5.41 Å². The second-order valence-corrected chi connectivity index (χ2v) is 4.09. The standard InChI is InChI=1S/C11H16N6O2/c1-2-3-4-19-6-7-5-17(18)10-8(14-7)9(12)15-11(13)16-10/h5,18H,2-4,6H2,1H3,(H3,12,13,15). The third kappa shape index (κ3) is 2.97. The van der Waals surface area contributed by atoms with Gasteiger partial charge in [-0.3, -0.25) is 5.41 Å². The fraction of sp³-hybridized carbons (Fsp3) is 0.455. The van der Waals surface area contributed by atoms with Gasteiger partial charge in [0.25, 0.3) is 0 Å². The van der Waals surface area contributed by atoms with E-state index in [1.54, 1.807) is 0 Å². The van der Waals surface area contributed by atoms with Crippen LogP contribution in [0.2, 0.25) is 0 Å². The van der Waals surface area contributed by atoms with Gasteiger partial charge in [0.2, 0.25) is 11.4 Å². The Kier molecular flexibility index (Phi) is 3.91. The Morgan fingerprint density at radius 1 is 1.42 bits per heavy atom. The number of unbranched alkanes of at least 4 members (excludes halogenated alkanes) is 1. The van der Waals surface area contributed by atoms with Gasteiger partial charge in [0.05, 0.1) is 18.5 Å². The lowest BCUT2D eigenvalue weighted by Gasteiger charge is -2.12. The van der Waals surface area contributed by atoms with E-state index in [2.05, 4.69) is 21.9 Å². The van der Waals surface area contributed by atoms with Crippen LogP contribution in [0.3, 0.4) is 0 Å². The van der Waals surface area contributed by atoms with Gasteiger partial charge in [0, 0.05) is 6.61 Å². The predicted octanol–water partition coefficient (Wildman–Crippen LogP) is 0.394. The third-order valence-electron chi connectivity index (χ3n) is 2.53. The molecule has 0 aliphatic carbocycles. The molecule has 19 heavy (non-hydrogen) atoms. The molecule has 0 unspecified atom stereocenters. The monoisotopic (exact) mass is 264 g/mol. The van der Waals surface area contributed by atoms with Crippen LogP contribution in [0.4, 0.5) is 5.82 Å². The highest BCUT2D eigenvalue weighted by molar-refractivity contribution is 5.63. The van der Waals surface area contributed by atoms with Gasteiger partial charge in [-0.25, -0.2) is 4.98 Å². The Bertz CT molecular complexity index is 597. The van der Waals surface area contributed by atoms with Crippen molar-refractivity contribution in [2.75, 3.05) is 12.3 Å². The first-order chi connectivity index (χ1) is 9.11. The number of fused-ring (bicyclic) bond motifs is 1. The predicted molar refractivity (Wildman–Crippen MR) is 66.5 cm³/mol. The van der Waals surface area contributed by atoms with E-state index >= 15 is 0 Å². The zero-order valence-electron chi connectivity index (χ0n) is 10.6. The summed E-state index contributed by atoms with van der Waals surface area (Å²) in [6, 6.07) is 0. The highest BCUT2D eigenvalue weighted by atomic mass is 16.5. The van der Waals surface area contributed by atoms with Crippen molar-refractivity contribution in [2.24, 2.45) is 0 Å². The molecule has 0 aromatic carbocycles. The lowest BCUT2D eigenvalue weighted by molar-refractivity contribution is 0.112. The maximum absolute atomic E-state index is 9.80. The summed E-state index contributed by atoms with van der Waals surface area (Å²) in [6.07, 6.45) is 3.42. The van der Waals surface area contributed by atoms with Crippen molar-refractivity contribution >= 4 is 5.82 Å². The second kappa shape index (κ2) is 5.61. The molecule has 0 amide bonds. The number of hydrogen-bond donors (Lipinski definition) is 3. The molecule has 0 fully saturated rings. The molecule has 0 saturated carbocycles. The molecule has 0 spiro atoms. The van der Waals surface area contributed by atoms with Crippen LogP contribution in [0.1, 0.15) is 25.5 Å². The first kappa shape index (κ1) is 13.2. The van der Waals surface area contributed by atoms with Crippen molar-refractivity contribution in [3.8, 4) is 11.5 Å². The van der Waals surface area contributed by atoms with Gasteiger partial charge in [0.15, 0.2) is 11.5 Å². The number of aromatic nitrogens is 4. The number of nitrogens with zero attached hydrogens (tertiary/aromatic N) is 4. The minimum Gasteiger partial charge on any atom is -0.427 e. The van der Waals surface area contributed by atoms with E-state index in [9.17, 15) is 5.21 Å². The molecule has 8 heteroatoms. The van der Waals surface area contributed by atoms with E-state index in [4.69, 9.17) is 15.9 Å². The van der Waals surface area contributed by atoms with Crippen LogP contribution in [0.5, 0.6) is 0 Å². The normalized spacial score (nSPS) is 11.0. The van der Waals surface area contributed by atoms with E-state index in [1.807, 2.05) is 0 Å². The summed E-state index contributed by atoms with van der Waals surface area (Å²) in [5.41, 5.74) is 6.20. The summed E-state index contributed by atoms with van der Waals surface area (Å²) < 4.78 is 6.21. The molecule has 0 radical (unpaired) electrons. The Balaban J connectivity index is 2.28. The summed E-state index contributed by atoms with van der Waals surface area (Å²) in [7, 11) is 0. The summed E-state index contributed by atoms with van der Waals surface area (Å²) in [4.78, 5) is 11.7. The number of hydrogen-bond acceptors (Lipinski definition) is 7. The van der Waals surface area contributed by atoms with Gasteiger partial charge in [-0.05, 0) is 6.42 Å². The lowest BCUT2D eigenvalue weighted by Crippen LogP contribution is -2.20. The summed E-state index contributed by atoms with van der Waals surface area (Å²) in [5.74, 6) is 0.169. The number of anilines is 1. The van der Waals surface area contributed by atoms with Crippen molar-refractivity contribution in [2.45, 2.75) is 26.4 Å². The Morgan fingerprint density at radius 3 is 2.95 bits per heavy atom. The van der Waals surface area contributed by atoms with Crippen LogP contribution in [0.15, 0.2) is 6.20 Å². The van der Waals surface area contributed by atoms with Crippen LogP contribution in [0.25, 0.3) is 11.5 Å². The van der Waals surface area contributed by atoms with Crippen LogP contribution in [-0.4, -0.2) is 31.5 Å². The Morgan fingerprint density at radius 2 is 2.21 bits per heavy atom. The Labute approximate surface area is 109 Å². The largest absolute Gasteiger partial charge is 0.427 e. The summed E-state index contributed by atoms with van der Waals surface area (Å²) >= 11 is 0. The van der Waals surface area contributed by atoms with Gasteiger partial charge >= 0.3 is 0 Å². The molecule has 0 atom stereocenters. The number of nitrogens with two attached hydrogens (primary N) is 1. The summed E-state index contributed by atoms with van der Waals surface area (Å²) in [6.45, 7) is 2.99. The first-order valence-corrected chi connectivity index (χ1v) is 5.99. The van der Waals surface area contributed by atoms with Gasteiger partial charge in [-0.2, -0.15) is 14.7 Å². The number of rotatable bonds is 5. The molecule has 2 aliphatic rings. The molecule has 2 aliphatic heterocycles. The fourth-order valence-corrected chi connectivity index (χ4v) is 1.59. The number of ether oxygens (including phenoxy) is 1. The fourth-order valence-electron chi connectivity index (χ4n) is 1.59. The second-order valence-electron chi connectivity index (χ2n) is 4.09. The average Bonchev–Trinajstić information content (AvgIpc) is 2.36. The topological polar surface area (TPSA) is 123 Å². The van der Waals surface area contributed by atoms with Crippen LogP contribution in [-0.2, 0) is 11.3 Å². The Hall–Kier alpha value is -2.22. The quantitative estimate of drug-likeness (QED) is 0.530. The molecule has 0 saturated heterocycles. The van der Waals surface area contributed by atoms with Gasteiger partial charge in [0.1, 0.15) is 0 Å². The minimum atomic E-state index is -0.262. The molecule has 4 N–H and O–H groups in total. The van der Waals surface area contributed by atoms with Crippen LogP contribution < -0.4 is 11.4 Å². The molecular weight excluding hydrogens is 248 g/mol. The van der Waals surface area contributed by atoms with Crippen LogP contribution >= 0.6 is 0 Å². The molecule has 2 heterocycles. The van der Waals surface area contributed by atoms with Gasteiger partial charge < -0.3 is 15.7 Å².